The average molecular weight is 309 g/mol. The molecule has 5 heteroatoms. The third-order valence-electron chi connectivity index (χ3n) is 3.86. The molecule has 3 rings (SSSR count). The van der Waals surface area contributed by atoms with Crippen molar-refractivity contribution in [2.45, 2.75) is 39.2 Å². The lowest BCUT2D eigenvalue weighted by Crippen LogP contribution is -2.11. The molecule has 0 spiro atoms. The van der Waals surface area contributed by atoms with Crippen molar-refractivity contribution < 1.29 is 0 Å². The smallest absolute Gasteiger partial charge is 0.156 e. The van der Waals surface area contributed by atoms with E-state index in [0.717, 1.165) is 28.3 Å². The van der Waals surface area contributed by atoms with Gasteiger partial charge in [0.25, 0.3) is 0 Å². The first kappa shape index (κ1) is 15.5. The van der Waals surface area contributed by atoms with Gasteiger partial charge in [-0.2, -0.15) is 5.10 Å². The highest BCUT2D eigenvalue weighted by molar-refractivity contribution is 5.73. The largest absolute Gasteiger partial charge is 0.338 e. The maximum atomic E-state index is 5.89. The molecule has 0 saturated carbocycles. The molecule has 5 nitrogen and oxygen atoms in total. The van der Waals surface area contributed by atoms with E-state index in [2.05, 4.69) is 42.2 Å². The highest BCUT2D eigenvalue weighted by atomic mass is 15.2. The average Bonchev–Trinajstić information content (AvgIpc) is 2.93. The zero-order valence-electron chi connectivity index (χ0n) is 14.0. The summed E-state index contributed by atoms with van der Waals surface area (Å²) in [6, 6.07) is 10.2. The fraction of sp³-hybridized carbons (Fsp3) is 0.333. The van der Waals surface area contributed by atoms with E-state index in [-0.39, 0.29) is 11.5 Å². The van der Waals surface area contributed by atoms with Gasteiger partial charge in [0.2, 0.25) is 0 Å². The van der Waals surface area contributed by atoms with Crippen LogP contribution in [0.1, 0.15) is 45.0 Å². The number of fused-ring (bicyclic) bond motifs is 1. The van der Waals surface area contributed by atoms with E-state index >= 15 is 0 Å². The minimum atomic E-state index is 0.00219. The van der Waals surface area contributed by atoms with Crippen molar-refractivity contribution in [3.8, 4) is 0 Å². The third kappa shape index (κ3) is 3.19. The number of nitrogens with zero attached hydrogens (tertiary/aromatic N) is 3. The zero-order chi connectivity index (χ0) is 16.6. The number of aromatic nitrogens is 3. The Kier molecular flexibility index (Phi) is 3.82. The topological polar surface area (TPSA) is 68.2 Å². The van der Waals surface area contributed by atoms with Crippen LogP contribution in [0.3, 0.4) is 0 Å². The van der Waals surface area contributed by atoms with Crippen LogP contribution in [-0.2, 0) is 5.41 Å². The van der Waals surface area contributed by atoms with Gasteiger partial charge in [-0.05, 0) is 30.7 Å². The fourth-order valence-corrected chi connectivity index (χ4v) is 2.39. The highest BCUT2D eigenvalue weighted by Gasteiger charge is 2.19. The molecule has 0 aliphatic rings. The molecule has 0 radical (unpaired) electrons. The highest BCUT2D eigenvalue weighted by Crippen LogP contribution is 2.26. The normalized spacial score (nSPS) is 13.3. The number of anilines is 2. The maximum Gasteiger partial charge on any atom is 0.156 e. The lowest BCUT2D eigenvalue weighted by atomic mass is 9.92. The van der Waals surface area contributed by atoms with Gasteiger partial charge in [0.05, 0.1) is 5.69 Å². The summed E-state index contributed by atoms with van der Waals surface area (Å²) in [5.41, 5.74) is 9.99. The van der Waals surface area contributed by atoms with Gasteiger partial charge in [0, 0.05) is 29.5 Å². The van der Waals surface area contributed by atoms with E-state index in [1.165, 1.54) is 0 Å². The Morgan fingerprint density at radius 2 is 1.87 bits per heavy atom. The summed E-state index contributed by atoms with van der Waals surface area (Å²) in [5, 5.41) is 8.01. The summed E-state index contributed by atoms with van der Waals surface area (Å²) in [6.45, 7) is 8.44. The van der Waals surface area contributed by atoms with Crippen LogP contribution in [0.2, 0.25) is 0 Å². The number of nitrogens with one attached hydrogen (secondary N) is 1. The van der Waals surface area contributed by atoms with Gasteiger partial charge in [-0.25, -0.2) is 9.50 Å². The van der Waals surface area contributed by atoms with Crippen molar-refractivity contribution in [2.75, 3.05) is 5.32 Å². The lowest BCUT2D eigenvalue weighted by Gasteiger charge is -2.13. The van der Waals surface area contributed by atoms with Gasteiger partial charge in [-0.3, -0.25) is 0 Å². The number of hydrogen-bond acceptors (Lipinski definition) is 4. The van der Waals surface area contributed by atoms with E-state index in [9.17, 15) is 0 Å². The standard InChI is InChI=1S/C18H23N5/c1-12(19)13-5-7-14(8-6-13)21-17-15-11-16(18(2,3)4)22-23(15)10-9-20-17/h5-12H,19H2,1-4H3,(H,20,21). The molecular formula is C18H23N5. The molecular weight excluding hydrogens is 286 g/mol. The van der Waals surface area contributed by atoms with Gasteiger partial charge in [0.1, 0.15) is 5.52 Å². The third-order valence-corrected chi connectivity index (χ3v) is 3.86. The van der Waals surface area contributed by atoms with E-state index < -0.39 is 0 Å². The first-order chi connectivity index (χ1) is 10.8. The van der Waals surface area contributed by atoms with E-state index in [4.69, 9.17) is 5.73 Å². The van der Waals surface area contributed by atoms with Crippen molar-refractivity contribution in [1.29, 1.82) is 0 Å². The number of benzene rings is 1. The molecule has 1 unspecified atom stereocenters. The molecule has 2 heterocycles. The first-order valence-electron chi connectivity index (χ1n) is 7.82. The molecule has 3 N–H and O–H groups in total. The summed E-state index contributed by atoms with van der Waals surface area (Å²) in [5.74, 6) is 0.795. The van der Waals surface area contributed by atoms with Crippen molar-refractivity contribution in [3.63, 3.8) is 0 Å². The number of hydrogen-bond donors (Lipinski definition) is 2. The van der Waals surface area contributed by atoms with Crippen LogP contribution in [0, 0.1) is 0 Å². The van der Waals surface area contributed by atoms with Crippen LogP contribution in [0.25, 0.3) is 5.52 Å². The Balaban J connectivity index is 1.95. The Bertz CT molecular complexity index is 810. The van der Waals surface area contributed by atoms with E-state index in [0.29, 0.717) is 0 Å². The predicted octanol–water partition coefficient (Wildman–Crippen LogP) is 3.79. The summed E-state index contributed by atoms with van der Waals surface area (Å²) < 4.78 is 1.87. The van der Waals surface area contributed by atoms with Crippen LogP contribution in [0.15, 0.2) is 42.7 Å². The summed E-state index contributed by atoms with van der Waals surface area (Å²) in [4.78, 5) is 4.46. The van der Waals surface area contributed by atoms with Crippen LogP contribution in [-0.4, -0.2) is 14.6 Å². The van der Waals surface area contributed by atoms with Crippen LogP contribution in [0.5, 0.6) is 0 Å². The predicted molar refractivity (Wildman–Crippen MR) is 94.0 cm³/mol. The van der Waals surface area contributed by atoms with Crippen LogP contribution >= 0.6 is 0 Å². The molecule has 0 fully saturated rings. The van der Waals surface area contributed by atoms with E-state index in [1.807, 2.05) is 41.9 Å². The van der Waals surface area contributed by atoms with Gasteiger partial charge < -0.3 is 11.1 Å². The van der Waals surface area contributed by atoms with Gasteiger partial charge >= 0.3 is 0 Å². The van der Waals surface area contributed by atoms with Gasteiger partial charge in [-0.15, -0.1) is 0 Å². The second kappa shape index (κ2) is 5.66. The lowest BCUT2D eigenvalue weighted by molar-refractivity contribution is 0.562. The van der Waals surface area contributed by atoms with E-state index in [1.54, 1.807) is 6.20 Å². The van der Waals surface area contributed by atoms with Crippen molar-refractivity contribution in [2.24, 2.45) is 5.73 Å². The quantitative estimate of drug-likeness (QED) is 0.772. The fourth-order valence-electron chi connectivity index (χ4n) is 2.39. The van der Waals surface area contributed by atoms with Gasteiger partial charge in [0.15, 0.2) is 5.82 Å². The monoisotopic (exact) mass is 309 g/mol. The summed E-state index contributed by atoms with van der Waals surface area (Å²) in [6.07, 6.45) is 3.63. The molecule has 120 valence electrons. The Morgan fingerprint density at radius 3 is 2.48 bits per heavy atom. The Hall–Kier alpha value is -2.40. The molecule has 0 saturated heterocycles. The Morgan fingerprint density at radius 1 is 1.17 bits per heavy atom. The number of nitrogens with two attached hydrogens (primary N) is 1. The Labute approximate surface area is 136 Å². The van der Waals surface area contributed by atoms with Crippen molar-refractivity contribution >= 4 is 17.0 Å². The minimum absolute atomic E-state index is 0.00219. The molecule has 0 aliphatic carbocycles. The minimum Gasteiger partial charge on any atom is -0.338 e. The molecule has 1 atom stereocenters. The zero-order valence-corrected chi connectivity index (χ0v) is 14.0. The second-order valence-electron chi connectivity index (χ2n) is 6.92. The SMILES string of the molecule is CC(N)c1ccc(Nc2nccn3nc(C(C)(C)C)cc23)cc1. The molecule has 2 aromatic heterocycles. The van der Waals surface area contributed by atoms with Gasteiger partial charge in [-0.1, -0.05) is 32.9 Å². The van der Waals surface area contributed by atoms with Crippen LogP contribution < -0.4 is 11.1 Å². The van der Waals surface area contributed by atoms with Crippen molar-refractivity contribution in [1.82, 2.24) is 14.6 Å². The molecule has 0 aliphatic heterocycles. The first-order valence-corrected chi connectivity index (χ1v) is 7.82. The molecule has 23 heavy (non-hydrogen) atoms. The molecule has 3 aromatic rings. The molecule has 0 amide bonds. The number of rotatable bonds is 3. The summed E-state index contributed by atoms with van der Waals surface area (Å²) >= 11 is 0. The summed E-state index contributed by atoms with van der Waals surface area (Å²) in [7, 11) is 0. The molecule has 1 aromatic carbocycles. The van der Waals surface area contributed by atoms with Crippen molar-refractivity contribution in [3.05, 3.63) is 54.0 Å². The maximum absolute atomic E-state index is 5.89. The second-order valence-corrected chi connectivity index (χ2v) is 6.92. The van der Waals surface area contributed by atoms with Crippen LogP contribution in [0.4, 0.5) is 11.5 Å². The molecule has 0 bridgehead atoms.